The van der Waals surface area contributed by atoms with Crippen LogP contribution >= 0.6 is 8.03 Å². The molecule has 0 radical (unpaired) electrons. The Morgan fingerprint density at radius 2 is 1.94 bits per heavy atom. The lowest BCUT2D eigenvalue weighted by Crippen LogP contribution is -2.04. The SMILES string of the molecule is CCOC(=O)c1ccc(CC[PH](=O)OC)cc1. The van der Waals surface area contributed by atoms with Crippen LogP contribution in [0.2, 0.25) is 0 Å². The summed E-state index contributed by atoms with van der Waals surface area (Å²) < 4.78 is 20.8. The van der Waals surface area contributed by atoms with Crippen LogP contribution in [-0.2, 0) is 20.2 Å². The molecule has 0 fully saturated rings. The largest absolute Gasteiger partial charge is 0.462 e. The summed E-state index contributed by atoms with van der Waals surface area (Å²) in [5.74, 6) is -0.315. The summed E-state index contributed by atoms with van der Waals surface area (Å²) in [5, 5.41) is 0. The first kappa shape index (κ1) is 13.9. The van der Waals surface area contributed by atoms with Crippen LogP contribution in [0.3, 0.4) is 0 Å². The minimum atomic E-state index is -1.90. The van der Waals surface area contributed by atoms with Gasteiger partial charge in [-0.05, 0) is 31.0 Å². The van der Waals surface area contributed by atoms with E-state index in [0.29, 0.717) is 24.8 Å². The number of rotatable bonds is 6. The van der Waals surface area contributed by atoms with Crippen molar-refractivity contribution in [3.63, 3.8) is 0 Å². The summed E-state index contributed by atoms with van der Waals surface area (Å²) in [7, 11) is -0.453. The fourth-order valence-corrected chi connectivity index (χ4v) is 2.07. The molecule has 94 valence electrons. The molecule has 17 heavy (non-hydrogen) atoms. The van der Waals surface area contributed by atoms with Crippen molar-refractivity contribution in [1.29, 1.82) is 0 Å². The van der Waals surface area contributed by atoms with E-state index in [0.717, 1.165) is 5.56 Å². The normalized spacial score (nSPS) is 12.1. The number of carbonyl (C=O) groups is 1. The summed E-state index contributed by atoms with van der Waals surface area (Å²) >= 11 is 0. The van der Waals surface area contributed by atoms with Crippen LogP contribution in [0.5, 0.6) is 0 Å². The van der Waals surface area contributed by atoms with Crippen LogP contribution in [0.4, 0.5) is 0 Å². The molecule has 0 aliphatic heterocycles. The third-order valence-electron chi connectivity index (χ3n) is 2.31. The van der Waals surface area contributed by atoms with Crippen molar-refractivity contribution in [1.82, 2.24) is 0 Å². The van der Waals surface area contributed by atoms with Crippen molar-refractivity contribution in [2.75, 3.05) is 19.9 Å². The van der Waals surface area contributed by atoms with Gasteiger partial charge in [0.25, 0.3) is 0 Å². The molecule has 4 nitrogen and oxygen atoms in total. The van der Waals surface area contributed by atoms with E-state index in [2.05, 4.69) is 0 Å². The van der Waals surface area contributed by atoms with E-state index in [-0.39, 0.29) is 5.97 Å². The molecule has 1 rings (SSSR count). The van der Waals surface area contributed by atoms with Gasteiger partial charge >= 0.3 is 5.97 Å². The summed E-state index contributed by atoms with van der Waals surface area (Å²) in [6, 6.07) is 7.13. The zero-order chi connectivity index (χ0) is 12.7. The second-order valence-corrected chi connectivity index (χ2v) is 5.15. The Hall–Kier alpha value is -1.12. The number of ether oxygens (including phenoxy) is 1. The number of esters is 1. The Morgan fingerprint density at radius 3 is 2.47 bits per heavy atom. The second kappa shape index (κ2) is 7.25. The monoisotopic (exact) mass is 256 g/mol. The molecule has 5 heteroatoms. The topological polar surface area (TPSA) is 52.6 Å². The average Bonchev–Trinajstić information content (AvgIpc) is 2.36. The first-order chi connectivity index (χ1) is 8.17. The third kappa shape index (κ3) is 4.72. The fourth-order valence-electron chi connectivity index (χ4n) is 1.37. The number of carbonyl (C=O) groups excluding carboxylic acids is 1. The summed E-state index contributed by atoms with van der Waals surface area (Å²) in [5.41, 5.74) is 1.57. The molecular weight excluding hydrogens is 239 g/mol. The van der Waals surface area contributed by atoms with Gasteiger partial charge in [0.15, 0.2) is 8.03 Å². The van der Waals surface area contributed by atoms with Gasteiger partial charge in [0.1, 0.15) is 0 Å². The quantitative estimate of drug-likeness (QED) is 0.579. The van der Waals surface area contributed by atoms with E-state index < -0.39 is 8.03 Å². The van der Waals surface area contributed by atoms with Gasteiger partial charge in [0.2, 0.25) is 0 Å². The Morgan fingerprint density at radius 1 is 1.29 bits per heavy atom. The van der Waals surface area contributed by atoms with Crippen LogP contribution in [-0.4, -0.2) is 25.8 Å². The highest BCUT2D eigenvalue weighted by Crippen LogP contribution is 2.21. The molecule has 1 aromatic carbocycles. The minimum Gasteiger partial charge on any atom is -0.462 e. The van der Waals surface area contributed by atoms with Crippen molar-refractivity contribution in [3.05, 3.63) is 35.4 Å². The van der Waals surface area contributed by atoms with Crippen LogP contribution in [0.15, 0.2) is 24.3 Å². The number of benzene rings is 1. The molecule has 0 bridgehead atoms. The maximum Gasteiger partial charge on any atom is 0.338 e. The second-order valence-electron chi connectivity index (χ2n) is 3.49. The zero-order valence-electron chi connectivity index (χ0n) is 10.1. The van der Waals surface area contributed by atoms with E-state index in [1.807, 2.05) is 12.1 Å². The van der Waals surface area contributed by atoms with Gasteiger partial charge < -0.3 is 9.26 Å². The fraction of sp³-hybridized carbons (Fsp3) is 0.417. The maximum absolute atomic E-state index is 11.4. The van der Waals surface area contributed by atoms with Crippen LogP contribution in [0, 0.1) is 0 Å². The minimum absolute atomic E-state index is 0.315. The van der Waals surface area contributed by atoms with Crippen molar-refractivity contribution in [3.8, 4) is 0 Å². The number of aryl methyl sites for hydroxylation is 1. The van der Waals surface area contributed by atoms with Crippen molar-refractivity contribution >= 4 is 14.0 Å². The first-order valence-corrected chi connectivity index (χ1v) is 7.02. The molecule has 0 spiro atoms. The molecule has 0 saturated carbocycles. The predicted octanol–water partition coefficient (Wildman–Crippen LogP) is 2.53. The standard InChI is InChI=1S/C12H17O4P/c1-3-16-12(13)11-6-4-10(5-7-11)8-9-17(14)15-2/h4-7,17H,3,8-9H2,1-2H3. The Labute approximate surface area is 102 Å². The van der Waals surface area contributed by atoms with Gasteiger partial charge in [0, 0.05) is 13.3 Å². The van der Waals surface area contributed by atoms with Gasteiger partial charge in [-0.15, -0.1) is 0 Å². The Bertz CT molecular complexity index is 386. The highest BCUT2D eigenvalue weighted by molar-refractivity contribution is 7.39. The lowest BCUT2D eigenvalue weighted by molar-refractivity contribution is 0.0526. The molecule has 1 unspecified atom stereocenters. The summed E-state index contributed by atoms with van der Waals surface area (Å²) in [6.45, 7) is 2.14. The maximum atomic E-state index is 11.4. The van der Waals surface area contributed by atoms with Gasteiger partial charge in [-0.1, -0.05) is 12.1 Å². The van der Waals surface area contributed by atoms with Gasteiger partial charge in [-0.3, -0.25) is 4.57 Å². The van der Waals surface area contributed by atoms with Crippen molar-refractivity contribution < 1.29 is 18.6 Å². The van der Waals surface area contributed by atoms with E-state index >= 15 is 0 Å². The van der Waals surface area contributed by atoms with E-state index in [1.54, 1.807) is 19.1 Å². The molecule has 0 N–H and O–H groups in total. The Balaban J connectivity index is 2.56. The molecule has 0 saturated heterocycles. The van der Waals surface area contributed by atoms with Crippen LogP contribution in [0.1, 0.15) is 22.8 Å². The van der Waals surface area contributed by atoms with E-state index in [1.165, 1.54) is 7.11 Å². The van der Waals surface area contributed by atoms with Crippen molar-refractivity contribution in [2.24, 2.45) is 0 Å². The van der Waals surface area contributed by atoms with Crippen molar-refractivity contribution in [2.45, 2.75) is 13.3 Å². The molecule has 0 aliphatic carbocycles. The third-order valence-corrected chi connectivity index (χ3v) is 3.42. The van der Waals surface area contributed by atoms with Gasteiger partial charge in [0.05, 0.1) is 12.2 Å². The molecule has 0 aliphatic rings. The average molecular weight is 256 g/mol. The summed E-state index contributed by atoms with van der Waals surface area (Å²) in [4.78, 5) is 11.4. The highest BCUT2D eigenvalue weighted by Gasteiger charge is 2.06. The van der Waals surface area contributed by atoms with Gasteiger partial charge in [-0.25, -0.2) is 4.79 Å². The molecule has 0 amide bonds. The molecule has 1 aromatic rings. The molecular formula is C12H17O4P. The molecule has 1 atom stereocenters. The van der Waals surface area contributed by atoms with E-state index in [9.17, 15) is 9.36 Å². The van der Waals surface area contributed by atoms with Crippen LogP contribution in [0.25, 0.3) is 0 Å². The first-order valence-electron chi connectivity index (χ1n) is 5.50. The number of hydrogen-bond donors (Lipinski definition) is 0. The van der Waals surface area contributed by atoms with Gasteiger partial charge in [-0.2, -0.15) is 0 Å². The summed E-state index contributed by atoms with van der Waals surface area (Å²) in [6.07, 6.45) is 1.22. The zero-order valence-corrected chi connectivity index (χ0v) is 11.1. The molecule has 0 heterocycles. The lowest BCUT2D eigenvalue weighted by Gasteiger charge is -2.04. The highest BCUT2D eigenvalue weighted by atomic mass is 31.1. The lowest BCUT2D eigenvalue weighted by atomic mass is 10.1. The molecule has 0 aromatic heterocycles. The number of hydrogen-bond acceptors (Lipinski definition) is 4. The van der Waals surface area contributed by atoms with E-state index in [4.69, 9.17) is 9.26 Å². The van der Waals surface area contributed by atoms with Crippen LogP contribution < -0.4 is 0 Å². The predicted molar refractivity (Wildman–Crippen MR) is 67.0 cm³/mol. The smallest absolute Gasteiger partial charge is 0.338 e. The Kier molecular flexibility index (Phi) is 5.95.